The maximum Gasteiger partial charge on any atom is 0.153 e. The van der Waals surface area contributed by atoms with Gasteiger partial charge in [0, 0.05) is 11.1 Å². The van der Waals surface area contributed by atoms with Gasteiger partial charge >= 0.3 is 0 Å². The van der Waals surface area contributed by atoms with Gasteiger partial charge in [-0.3, -0.25) is 9.59 Å². The summed E-state index contributed by atoms with van der Waals surface area (Å²) in [4.78, 5) is 21.5. The molecule has 0 spiro atoms. The van der Waals surface area contributed by atoms with Crippen molar-refractivity contribution in [2.75, 3.05) is 0 Å². The standard InChI is InChI=1S/C15H12O3/c16-9-13-8-14(10-17)15(18-11-13)7-6-12-4-2-1-3-5-12/h1-11,15H/b7-6+. The highest BCUT2D eigenvalue weighted by Crippen LogP contribution is 2.17. The SMILES string of the molecule is O=CC1=COC(/C=C/c2ccccc2)C(C=O)=C1. The highest BCUT2D eigenvalue weighted by Gasteiger charge is 2.15. The molecule has 90 valence electrons. The van der Waals surface area contributed by atoms with Gasteiger partial charge in [0.15, 0.2) is 6.29 Å². The number of ether oxygens (including phenoxy) is 1. The van der Waals surface area contributed by atoms with Crippen molar-refractivity contribution in [2.24, 2.45) is 0 Å². The van der Waals surface area contributed by atoms with Crippen LogP contribution < -0.4 is 0 Å². The van der Waals surface area contributed by atoms with Gasteiger partial charge in [0.25, 0.3) is 0 Å². The average molecular weight is 240 g/mol. The Balaban J connectivity index is 2.14. The van der Waals surface area contributed by atoms with Crippen molar-refractivity contribution in [3.05, 3.63) is 65.5 Å². The van der Waals surface area contributed by atoms with Crippen molar-refractivity contribution in [3.63, 3.8) is 0 Å². The van der Waals surface area contributed by atoms with Crippen LogP contribution in [-0.2, 0) is 14.3 Å². The molecule has 0 fully saturated rings. The minimum Gasteiger partial charge on any atom is -0.488 e. The molecule has 1 atom stereocenters. The summed E-state index contributed by atoms with van der Waals surface area (Å²) < 4.78 is 5.33. The second-order valence-corrected chi connectivity index (χ2v) is 3.82. The van der Waals surface area contributed by atoms with Crippen LogP contribution in [0.25, 0.3) is 6.08 Å². The third-order valence-electron chi connectivity index (χ3n) is 2.55. The molecule has 2 rings (SSSR count). The van der Waals surface area contributed by atoms with Crippen LogP contribution in [0.3, 0.4) is 0 Å². The maximum atomic E-state index is 10.9. The van der Waals surface area contributed by atoms with E-state index in [1.54, 1.807) is 6.08 Å². The van der Waals surface area contributed by atoms with Gasteiger partial charge in [-0.05, 0) is 17.7 Å². The Labute approximate surface area is 105 Å². The van der Waals surface area contributed by atoms with Crippen molar-refractivity contribution < 1.29 is 14.3 Å². The number of hydrogen-bond acceptors (Lipinski definition) is 3. The number of rotatable bonds is 4. The molecule has 0 saturated heterocycles. The van der Waals surface area contributed by atoms with Crippen LogP contribution in [-0.4, -0.2) is 18.7 Å². The van der Waals surface area contributed by atoms with Crippen molar-refractivity contribution in [1.82, 2.24) is 0 Å². The first-order valence-electron chi connectivity index (χ1n) is 5.54. The molecular formula is C15H12O3. The van der Waals surface area contributed by atoms with Gasteiger partial charge in [0.1, 0.15) is 12.4 Å². The molecule has 3 heteroatoms. The summed E-state index contributed by atoms with van der Waals surface area (Å²) in [5, 5.41) is 0. The van der Waals surface area contributed by atoms with E-state index >= 15 is 0 Å². The van der Waals surface area contributed by atoms with Gasteiger partial charge in [-0.1, -0.05) is 36.4 Å². The number of aldehydes is 2. The third-order valence-corrected chi connectivity index (χ3v) is 2.55. The quantitative estimate of drug-likeness (QED) is 0.758. The smallest absolute Gasteiger partial charge is 0.153 e. The molecule has 1 aliphatic rings. The lowest BCUT2D eigenvalue weighted by Gasteiger charge is -2.17. The summed E-state index contributed by atoms with van der Waals surface area (Å²) in [5.41, 5.74) is 1.82. The summed E-state index contributed by atoms with van der Waals surface area (Å²) in [5.74, 6) is 0. The highest BCUT2D eigenvalue weighted by molar-refractivity contribution is 5.85. The number of benzene rings is 1. The zero-order valence-electron chi connectivity index (χ0n) is 9.65. The second-order valence-electron chi connectivity index (χ2n) is 3.82. The average Bonchev–Trinajstić information content (AvgIpc) is 2.46. The summed E-state index contributed by atoms with van der Waals surface area (Å²) in [6.07, 6.45) is 7.47. The van der Waals surface area contributed by atoms with E-state index in [1.807, 2.05) is 36.4 Å². The lowest BCUT2D eigenvalue weighted by atomic mass is 10.0. The molecule has 0 amide bonds. The van der Waals surface area contributed by atoms with Gasteiger partial charge in [-0.2, -0.15) is 0 Å². The fraction of sp³-hybridized carbons (Fsp3) is 0.0667. The molecule has 1 aromatic carbocycles. The third kappa shape index (κ3) is 2.83. The van der Waals surface area contributed by atoms with Gasteiger partial charge in [0.05, 0.1) is 6.26 Å². The Morgan fingerprint density at radius 2 is 1.83 bits per heavy atom. The Bertz CT molecular complexity index is 524. The summed E-state index contributed by atoms with van der Waals surface area (Å²) in [6, 6.07) is 9.71. The summed E-state index contributed by atoms with van der Waals surface area (Å²) in [6.45, 7) is 0. The molecule has 0 radical (unpaired) electrons. The minimum absolute atomic E-state index is 0.362. The molecule has 0 aliphatic carbocycles. The predicted molar refractivity (Wildman–Crippen MR) is 68.6 cm³/mol. The van der Waals surface area contributed by atoms with E-state index in [4.69, 9.17) is 4.74 Å². The normalized spacial score (nSPS) is 18.8. The zero-order valence-corrected chi connectivity index (χ0v) is 9.65. The van der Waals surface area contributed by atoms with Crippen molar-refractivity contribution >= 4 is 18.6 Å². The van der Waals surface area contributed by atoms with E-state index in [0.717, 1.165) is 5.56 Å². The first-order chi connectivity index (χ1) is 8.83. The van der Waals surface area contributed by atoms with Crippen LogP contribution in [0.2, 0.25) is 0 Å². The van der Waals surface area contributed by atoms with Gasteiger partial charge < -0.3 is 4.74 Å². The lowest BCUT2D eigenvalue weighted by Crippen LogP contribution is -2.15. The molecule has 0 N–H and O–H groups in total. The molecule has 0 aromatic heterocycles. The zero-order chi connectivity index (χ0) is 12.8. The molecular weight excluding hydrogens is 228 g/mol. The van der Waals surface area contributed by atoms with Gasteiger partial charge in [-0.15, -0.1) is 0 Å². The molecule has 3 nitrogen and oxygen atoms in total. The number of carbonyl (C=O) groups excluding carboxylic acids is 2. The van der Waals surface area contributed by atoms with Crippen LogP contribution >= 0.6 is 0 Å². The van der Waals surface area contributed by atoms with E-state index < -0.39 is 6.10 Å². The first-order valence-corrected chi connectivity index (χ1v) is 5.54. The van der Waals surface area contributed by atoms with Crippen LogP contribution in [0.15, 0.2) is 59.9 Å². The Morgan fingerprint density at radius 1 is 1.06 bits per heavy atom. The van der Waals surface area contributed by atoms with E-state index in [1.165, 1.54) is 12.3 Å². The van der Waals surface area contributed by atoms with Crippen LogP contribution in [0.4, 0.5) is 0 Å². The first kappa shape index (κ1) is 12.0. The molecule has 18 heavy (non-hydrogen) atoms. The predicted octanol–water partition coefficient (Wildman–Crippen LogP) is 2.31. The molecule has 1 unspecified atom stereocenters. The summed E-state index contributed by atoms with van der Waals surface area (Å²) >= 11 is 0. The number of carbonyl (C=O) groups is 2. The van der Waals surface area contributed by atoms with E-state index in [9.17, 15) is 9.59 Å². The number of hydrogen-bond donors (Lipinski definition) is 0. The number of allylic oxidation sites excluding steroid dienone is 2. The Hall–Kier alpha value is -2.42. The second kappa shape index (κ2) is 5.77. The van der Waals surface area contributed by atoms with Gasteiger partial charge in [0.2, 0.25) is 0 Å². The largest absolute Gasteiger partial charge is 0.488 e. The maximum absolute atomic E-state index is 10.9. The fourth-order valence-corrected chi connectivity index (χ4v) is 1.62. The molecule has 1 heterocycles. The minimum atomic E-state index is -0.439. The topological polar surface area (TPSA) is 43.4 Å². The Morgan fingerprint density at radius 3 is 2.50 bits per heavy atom. The monoisotopic (exact) mass is 240 g/mol. The van der Waals surface area contributed by atoms with Crippen LogP contribution in [0, 0.1) is 0 Å². The highest BCUT2D eigenvalue weighted by atomic mass is 16.5. The lowest BCUT2D eigenvalue weighted by molar-refractivity contribution is -0.105. The Kier molecular flexibility index (Phi) is 3.86. The van der Waals surface area contributed by atoms with Gasteiger partial charge in [-0.25, -0.2) is 0 Å². The van der Waals surface area contributed by atoms with Crippen molar-refractivity contribution in [2.45, 2.75) is 6.10 Å². The van der Waals surface area contributed by atoms with Crippen LogP contribution in [0.1, 0.15) is 5.56 Å². The van der Waals surface area contributed by atoms with E-state index in [-0.39, 0.29) is 0 Å². The fourth-order valence-electron chi connectivity index (χ4n) is 1.62. The van der Waals surface area contributed by atoms with Crippen LogP contribution in [0.5, 0.6) is 0 Å². The molecule has 1 aromatic rings. The molecule has 0 bridgehead atoms. The van der Waals surface area contributed by atoms with E-state index in [2.05, 4.69) is 0 Å². The van der Waals surface area contributed by atoms with Crippen molar-refractivity contribution in [1.29, 1.82) is 0 Å². The molecule has 1 aliphatic heterocycles. The van der Waals surface area contributed by atoms with Crippen molar-refractivity contribution in [3.8, 4) is 0 Å². The molecule has 0 saturated carbocycles. The van der Waals surface area contributed by atoms with E-state index in [0.29, 0.717) is 23.7 Å². The summed E-state index contributed by atoms with van der Waals surface area (Å²) in [7, 11) is 0.